The van der Waals surface area contributed by atoms with Crippen molar-refractivity contribution in [3.63, 3.8) is 0 Å². The number of likely N-dealkylation sites (N-methyl/N-ethyl adjacent to an activating group) is 1. The molecule has 5 nitrogen and oxygen atoms in total. The minimum absolute atomic E-state index is 0.0159. The van der Waals surface area contributed by atoms with Crippen LogP contribution in [0, 0.1) is 0 Å². The Labute approximate surface area is 71.1 Å². The number of aliphatic carboxylic acids is 1. The summed E-state index contributed by atoms with van der Waals surface area (Å²) in [6.45, 7) is 0. The molecule has 12 heavy (non-hydrogen) atoms. The smallest absolute Gasteiger partial charge is 0.376 e. The Balaban J connectivity index is 4.68. The molecule has 0 saturated carbocycles. The summed E-state index contributed by atoms with van der Waals surface area (Å²) >= 11 is 0. The molecular weight excluding hydrogens is 162 g/mol. The monoisotopic (exact) mass is 176 g/mol. The number of ether oxygens (including phenoxy) is 1. The van der Waals surface area contributed by atoms with Gasteiger partial charge in [-0.1, -0.05) is 0 Å². The number of hydrogen-bond acceptors (Lipinski definition) is 3. The number of hydrogen-bond donors (Lipinski definition) is 1. The van der Waals surface area contributed by atoms with E-state index in [1.165, 1.54) is 7.11 Å². The van der Waals surface area contributed by atoms with E-state index >= 15 is 0 Å². The fraction of sp³-hybridized carbons (Fsp3) is 0.714. The molecule has 1 atom stereocenters. The van der Waals surface area contributed by atoms with Gasteiger partial charge in [0.15, 0.2) is 0 Å². The van der Waals surface area contributed by atoms with Gasteiger partial charge < -0.3 is 14.3 Å². The third kappa shape index (κ3) is 2.50. The van der Waals surface area contributed by atoms with Crippen molar-refractivity contribution in [1.82, 2.24) is 0 Å². The van der Waals surface area contributed by atoms with Gasteiger partial charge >= 0.3 is 11.9 Å². The SMILES string of the molecule is COC(=O)C(C(=O)O)[N+](C)(C)C. The molecule has 0 saturated heterocycles. The molecule has 0 heterocycles. The minimum Gasteiger partial charge on any atom is -0.476 e. The van der Waals surface area contributed by atoms with Crippen LogP contribution in [0.3, 0.4) is 0 Å². The van der Waals surface area contributed by atoms with Crippen LogP contribution in [0.15, 0.2) is 0 Å². The van der Waals surface area contributed by atoms with Crippen molar-refractivity contribution in [1.29, 1.82) is 0 Å². The number of methoxy groups -OCH3 is 1. The zero-order valence-electron chi connectivity index (χ0n) is 7.70. The Morgan fingerprint density at radius 3 is 1.83 bits per heavy atom. The molecular formula is C7H14NO4+. The molecule has 5 heteroatoms. The molecule has 0 rings (SSSR count). The summed E-state index contributed by atoms with van der Waals surface area (Å²) in [7, 11) is 6.04. The Morgan fingerprint density at radius 1 is 1.33 bits per heavy atom. The van der Waals surface area contributed by atoms with E-state index in [0.717, 1.165) is 0 Å². The van der Waals surface area contributed by atoms with Crippen molar-refractivity contribution in [2.24, 2.45) is 0 Å². The van der Waals surface area contributed by atoms with Gasteiger partial charge in [0.05, 0.1) is 28.3 Å². The fourth-order valence-electron chi connectivity index (χ4n) is 0.860. The molecule has 1 unspecified atom stereocenters. The molecule has 0 aliphatic heterocycles. The van der Waals surface area contributed by atoms with E-state index < -0.39 is 18.0 Å². The summed E-state index contributed by atoms with van der Waals surface area (Å²) in [6, 6.07) is -1.16. The van der Waals surface area contributed by atoms with Crippen LogP contribution in [0.25, 0.3) is 0 Å². The molecule has 0 aromatic heterocycles. The van der Waals surface area contributed by atoms with Crippen molar-refractivity contribution in [3.8, 4) is 0 Å². The Bertz CT molecular complexity index is 194. The molecule has 1 N–H and O–H groups in total. The molecule has 0 radical (unpaired) electrons. The van der Waals surface area contributed by atoms with Crippen LogP contribution in [0.2, 0.25) is 0 Å². The second-order valence-corrected chi connectivity index (χ2v) is 3.38. The average molecular weight is 176 g/mol. The van der Waals surface area contributed by atoms with Crippen LogP contribution in [0.4, 0.5) is 0 Å². The molecule has 0 aliphatic carbocycles. The molecule has 0 bridgehead atoms. The lowest BCUT2D eigenvalue weighted by molar-refractivity contribution is -0.878. The van der Waals surface area contributed by atoms with Crippen LogP contribution in [-0.2, 0) is 14.3 Å². The van der Waals surface area contributed by atoms with Gasteiger partial charge in [0.2, 0.25) is 0 Å². The number of carboxylic acid groups (broad SMARTS) is 1. The predicted octanol–water partition coefficient (Wildman–Crippen LogP) is -0.681. The lowest BCUT2D eigenvalue weighted by atomic mass is 10.2. The molecule has 70 valence electrons. The van der Waals surface area contributed by atoms with Crippen molar-refractivity contribution in [2.45, 2.75) is 6.04 Å². The van der Waals surface area contributed by atoms with E-state index in [0.29, 0.717) is 0 Å². The van der Waals surface area contributed by atoms with E-state index in [4.69, 9.17) is 5.11 Å². The Morgan fingerprint density at radius 2 is 1.75 bits per heavy atom. The van der Waals surface area contributed by atoms with E-state index in [1.54, 1.807) is 21.1 Å². The van der Waals surface area contributed by atoms with E-state index in [2.05, 4.69) is 4.74 Å². The highest BCUT2D eigenvalue weighted by molar-refractivity contribution is 5.96. The van der Waals surface area contributed by atoms with Gasteiger partial charge in [-0.15, -0.1) is 0 Å². The van der Waals surface area contributed by atoms with Gasteiger partial charge in [-0.3, -0.25) is 0 Å². The van der Waals surface area contributed by atoms with Crippen LogP contribution >= 0.6 is 0 Å². The van der Waals surface area contributed by atoms with Gasteiger partial charge in [0, 0.05) is 0 Å². The van der Waals surface area contributed by atoms with Crippen LogP contribution in [0.5, 0.6) is 0 Å². The zero-order chi connectivity index (χ0) is 9.94. The lowest BCUT2D eigenvalue weighted by Crippen LogP contribution is -2.54. The quantitative estimate of drug-likeness (QED) is 0.351. The first-order valence-electron chi connectivity index (χ1n) is 3.42. The highest BCUT2D eigenvalue weighted by Gasteiger charge is 2.39. The number of quaternary nitrogens is 1. The van der Waals surface area contributed by atoms with Crippen LogP contribution in [0.1, 0.15) is 0 Å². The van der Waals surface area contributed by atoms with Crippen molar-refractivity contribution >= 4 is 11.9 Å². The number of esters is 1. The summed E-state index contributed by atoms with van der Waals surface area (Å²) in [4.78, 5) is 21.6. The van der Waals surface area contributed by atoms with Gasteiger partial charge in [-0.2, -0.15) is 0 Å². The highest BCUT2D eigenvalue weighted by Crippen LogP contribution is 2.04. The van der Waals surface area contributed by atoms with Gasteiger partial charge in [-0.05, 0) is 0 Å². The van der Waals surface area contributed by atoms with Crippen LogP contribution in [-0.4, -0.2) is 55.8 Å². The third-order valence-electron chi connectivity index (χ3n) is 1.43. The van der Waals surface area contributed by atoms with Gasteiger partial charge in [-0.25, -0.2) is 9.59 Å². The third-order valence-corrected chi connectivity index (χ3v) is 1.43. The first kappa shape index (κ1) is 10.9. The Kier molecular flexibility index (Phi) is 3.21. The summed E-state index contributed by atoms with van der Waals surface area (Å²) in [5.41, 5.74) is 0. The molecule has 0 aromatic carbocycles. The summed E-state index contributed by atoms with van der Waals surface area (Å²) in [6.07, 6.45) is 0. The first-order chi connectivity index (χ1) is 5.30. The van der Waals surface area contributed by atoms with Crippen molar-refractivity contribution < 1.29 is 23.9 Å². The van der Waals surface area contributed by atoms with Crippen LogP contribution < -0.4 is 0 Å². The summed E-state index contributed by atoms with van der Waals surface area (Å²) in [5.74, 6) is -1.90. The maximum Gasteiger partial charge on any atom is 0.376 e. The standard InChI is InChI=1S/C7H13NO4/c1-8(2,3)5(6(9)10)7(11)12-4/h5H,1-4H3/p+1. The highest BCUT2D eigenvalue weighted by atomic mass is 16.5. The predicted molar refractivity (Wildman–Crippen MR) is 41.5 cm³/mol. The zero-order valence-corrected chi connectivity index (χ0v) is 7.70. The largest absolute Gasteiger partial charge is 0.476 e. The summed E-state index contributed by atoms with van der Waals surface area (Å²) < 4.78 is 4.38. The topological polar surface area (TPSA) is 63.6 Å². The number of carboxylic acids is 1. The Hall–Kier alpha value is -1.10. The molecule has 0 spiro atoms. The molecule has 0 aromatic rings. The van der Waals surface area contributed by atoms with E-state index in [9.17, 15) is 9.59 Å². The van der Waals surface area contributed by atoms with Gasteiger partial charge in [0.1, 0.15) is 0 Å². The minimum atomic E-state index is -1.17. The van der Waals surface area contributed by atoms with Crippen molar-refractivity contribution in [3.05, 3.63) is 0 Å². The molecule has 0 aliphatic rings. The number of nitrogens with zero attached hydrogens (tertiary/aromatic N) is 1. The lowest BCUT2D eigenvalue weighted by Gasteiger charge is -2.28. The average Bonchev–Trinajstić information content (AvgIpc) is 1.83. The number of carbonyl (C=O) groups is 2. The normalized spacial score (nSPS) is 13.7. The maximum absolute atomic E-state index is 11.0. The second kappa shape index (κ2) is 3.53. The number of carbonyl (C=O) groups excluding carboxylic acids is 1. The molecule has 0 fully saturated rings. The van der Waals surface area contributed by atoms with Gasteiger partial charge in [0.25, 0.3) is 6.04 Å². The first-order valence-corrected chi connectivity index (χ1v) is 3.42. The molecule has 0 amide bonds. The van der Waals surface area contributed by atoms with E-state index in [-0.39, 0.29) is 4.48 Å². The number of rotatable bonds is 3. The summed E-state index contributed by atoms with van der Waals surface area (Å²) in [5, 5.41) is 8.69. The fourth-order valence-corrected chi connectivity index (χ4v) is 0.860. The van der Waals surface area contributed by atoms with Crippen molar-refractivity contribution in [2.75, 3.05) is 28.3 Å². The maximum atomic E-state index is 11.0. The van der Waals surface area contributed by atoms with E-state index in [1.807, 2.05) is 0 Å². The second-order valence-electron chi connectivity index (χ2n) is 3.38.